The van der Waals surface area contributed by atoms with Crippen molar-refractivity contribution in [1.82, 2.24) is 9.97 Å². The number of methoxy groups -OCH3 is 1. The van der Waals surface area contributed by atoms with Gasteiger partial charge in [0.25, 0.3) is 0 Å². The van der Waals surface area contributed by atoms with E-state index >= 15 is 0 Å². The summed E-state index contributed by atoms with van der Waals surface area (Å²) < 4.78 is 5.22. The zero-order chi connectivity index (χ0) is 11.5. The van der Waals surface area contributed by atoms with Crippen LogP contribution < -0.4 is 5.73 Å². The van der Waals surface area contributed by atoms with E-state index in [0.717, 1.165) is 30.8 Å². The molecular weight excluding hydrogens is 202 g/mol. The van der Waals surface area contributed by atoms with E-state index in [2.05, 4.69) is 9.97 Å². The van der Waals surface area contributed by atoms with Gasteiger partial charge in [0.2, 0.25) is 0 Å². The van der Waals surface area contributed by atoms with E-state index in [4.69, 9.17) is 10.5 Å². The Morgan fingerprint density at radius 2 is 2.06 bits per heavy atom. The van der Waals surface area contributed by atoms with Crippen LogP contribution in [0.3, 0.4) is 0 Å². The van der Waals surface area contributed by atoms with Crippen molar-refractivity contribution in [2.75, 3.05) is 12.8 Å². The molecule has 1 aromatic heterocycles. The van der Waals surface area contributed by atoms with Crippen LogP contribution in [-0.4, -0.2) is 23.2 Å². The SMILES string of the molecule is COC(C)Cc1nc(N)c2c(n1)CCCC2. The summed E-state index contributed by atoms with van der Waals surface area (Å²) >= 11 is 0. The minimum Gasteiger partial charge on any atom is -0.383 e. The second-order valence-electron chi connectivity index (χ2n) is 4.41. The molecule has 1 aromatic rings. The molecule has 1 heterocycles. The second kappa shape index (κ2) is 4.78. The highest BCUT2D eigenvalue weighted by atomic mass is 16.5. The molecule has 1 aliphatic carbocycles. The highest BCUT2D eigenvalue weighted by molar-refractivity contribution is 5.43. The first kappa shape index (κ1) is 11.3. The van der Waals surface area contributed by atoms with Gasteiger partial charge in [-0.25, -0.2) is 9.97 Å². The molecular formula is C12H19N3O. The number of rotatable bonds is 3. The molecule has 0 fully saturated rings. The fourth-order valence-corrected chi connectivity index (χ4v) is 2.11. The van der Waals surface area contributed by atoms with Crippen LogP contribution in [0.5, 0.6) is 0 Å². The third-order valence-electron chi connectivity index (χ3n) is 3.13. The van der Waals surface area contributed by atoms with E-state index in [1.54, 1.807) is 7.11 Å². The average molecular weight is 221 g/mol. The van der Waals surface area contributed by atoms with Crippen LogP contribution in [0.1, 0.15) is 36.8 Å². The number of hydrogen-bond donors (Lipinski definition) is 1. The Bertz CT molecular complexity index is 379. The quantitative estimate of drug-likeness (QED) is 0.840. The van der Waals surface area contributed by atoms with E-state index < -0.39 is 0 Å². The molecule has 1 aliphatic rings. The van der Waals surface area contributed by atoms with Gasteiger partial charge in [0.15, 0.2) is 0 Å². The molecule has 1 unspecified atom stereocenters. The van der Waals surface area contributed by atoms with Gasteiger partial charge in [0.1, 0.15) is 11.6 Å². The summed E-state index contributed by atoms with van der Waals surface area (Å²) in [5, 5.41) is 0. The summed E-state index contributed by atoms with van der Waals surface area (Å²) in [6, 6.07) is 0. The number of aromatic nitrogens is 2. The molecule has 0 aliphatic heterocycles. The van der Waals surface area contributed by atoms with E-state index in [1.165, 1.54) is 18.4 Å². The molecule has 0 bridgehead atoms. The number of ether oxygens (including phenoxy) is 1. The standard InChI is InChI=1S/C12H19N3O/c1-8(16-2)7-11-14-10-6-4-3-5-9(10)12(13)15-11/h8H,3-7H2,1-2H3,(H2,13,14,15). The van der Waals surface area contributed by atoms with Gasteiger partial charge in [-0.05, 0) is 32.6 Å². The lowest BCUT2D eigenvalue weighted by Gasteiger charge is -2.18. The number of hydrogen-bond acceptors (Lipinski definition) is 4. The Kier molecular flexibility index (Phi) is 3.39. The van der Waals surface area contributed by atoms with Crippen LogP contribution >= 0.6 is 0 Å². The van der Waals surface area contributed by atoms with Crippen LogP contribution in [0.25, 0.3) is 0 Å². The lowest BCUT2D eigenvalue weighted by Crippen LogP contribution is -2.17. The van der Waals surface area contributed by atoms with Gasteiger partial charge in [0.05, 0.1) is 6.10 Å². The first-order chi connectivity index (χ1) is 7.70. The lowest BCUT2D eigenvalue weighted by atomic mass is 9.96. The van der Waals surface area contributed by atoms with Crippen LogP contribution in [-0.2, 0) is 24.0 Å². The molecule has 0 radical (unpaired) electrons. The predicted molar refractivity (Wildman–Crippen MR) is 63.3 cm³/mol. The van der Waals surface area contributed by atoms with E-state index in [-0.39, 0.29) is 6.10 Å². The number of nitrogens with zero attached hydrogens (tertiary/aromatic N) is 2. The summed E-state index contributed by atoms with van der Waals surface area (Å²) in [5.74, 6) is 1.48. The molecule has 0 spiro atoms. The van der Waals surface area contributed by atoms with Gasteiger partial charge in [-0.1, -0.05) is 0 Å². The molecule has 2 N–H and O–H groups in total. The second-order valence-corrected chi connectivity index (χ2v) is 4.41. The maximum absolute atomic E-state index is 5.97. The Morgan fingerprint density at radius 1 is 1.31 bits per heavy atom. The Morgan fingerprint density at radius 3 is 2.81 bits per heavy atom. The normalized spacial score (nSPS) is 16.9. The van der Waals surface area contributed by atoms with Crippen molar-refractivity contribution in [1.29, 1.82) is 0 Å². The van der Waals surface area contributed by atoms with Gasteiger partial charge in [-0.2, -0.15) is 0 Å². The summed E-state index contributed by atoms with van der Waals surface area (Å²) in [5.41, 5.74) is 8.28. The minimum absolute atomic E-state index is 0.140. The first-order valence-electron chi connectivity index (χ1n) is 5.87. The molecule has 4 heteroatoms. The molecule has 0 saturated heterocycles. The van der Waals surface area contributed by atoms with Crippen LogP contribution in [0.4, 0.5) is 5.82 Å². The summed E-state index contributed by atoms with van der Waals surface area (Å²) in [7, 11) is 1.70. The third kappa shape index (κ3) is 2.32. The predicted octanol–water partition coefficient (Wildman–Crippen LogP) is 1.51. The molecule has 1 atom stereocenters. The molecule has 0 aromatic carbocycles. The Labute approximate surface area is 96.2 Å². The van der Waals surface area contributed by atoms with Crippen molar-refractivity contribution in [3.63, 3.8) is 0 Å². The van der Waals surface area contributed by atoms with Crippen molar-refractivity contribution in [2.45, 2.75) is 45.1 Å². The molecule has 0 saturated carbocycles. The van der Waals surface area contributed by atoms with E-state index in [0.29, 0.717) is 5.82 Å². The van der Waals surface area contributed by atoms with E-state index in [9.17, 15) is 0 Å². The highest BCUT2D eigenvalue weighted by Gasteiger charge is 2.16. The lowest BCUT2D eigenvalue weighted by molar-refractivity contribution is 0.117. The van der Waals surface area contributed by atoms with Gasteiger partial charge in [-0.15, -0.1) is 0 Å². The number of anilines is 1. The van der Waals surface area contributed by atoms with E-state index in [1.807, 2.05) is 6.92 Å². The maximum Gasteiger partial charge on any atom is 0.133 e. The third-order valence-corrected chi connectivity index (χ3v) is 3.13. The number of aryl methyl sites for hydroxylation is 1. The first-order valence-corrected chi connectivity index (χ1v) is 5.87. The Hall–Kier alpha value is -1.16. The zero-order valence-corrected chi connectivity index (χ0v) is 9.99. The fraction of sp³-hybridized carbons (Fsp3) is 0.667. The van der Waals surface area contributed by atoms with Crippen molar-refractivity contribution in [2.24, 2.45) is 0 Å². The van der Waals surface area contributed by atoms with Gasteiger partial charge in [0, 0.05) is 24.8 Å². The van der Waals surface area contributed by atoms with Gasteiger partial charge < -0.3 is 10.5 Å². The molecule has 16 heavy (non-hydrogen) atoms. The fourth-order valence-electron chi connectivity index (χ4n) is 2.11. The number of nitrogen functional groups attached to an aromatic ring is 1. The molecule has 88 valence electrons. The van der Waals surface area contributed by atoms with Crippen molar-refractivity contribution in [3.8, 4) is 0 Å². The Balaban J connectivity index is 2.24. The summed E-state index contributed by atoms with van der Waals surface area (Å²) in [4.78, 5) is 8.95. The largest absolute Gasteiger partial charge is 0.383 e. The summed E-state index contributed by atoms with van der Waals surface area (Å²) in [6.45, 7) is 2.01. The number of nitrogens with two attached hydrogens (primary N) is 1. The van der Waals surface area contributed by atoms with Crippen molar-refractivity contribution in [3.05, 3.63) is 17.1 Å². The van der Waals surface area contributed by atoms with Crippen LogP contribution in [0.2, 0.25) is 0 Å². The maximum atomic E-state index is 5.97. The summed E-state index contributed by atoms with van der Waals surface area (Å²) in [6.07, 6.45) is 5.35. The van der Waals surface area contributed by atoms with Gasteiger partial charge in [-0.3, -0.25) is 0 Å². The minimum atomic E-state index is 0.140. The van der Waals surface area contributed by atoms with Gasteiger partial charge >= 0.3 is 0 Å². The average Bonchev–Trinajstić information content (AvgIpc) is 2.29. The monoisotopic (exact) mass is 221 g/mol. The number of fused-ring (bicyclic) bond motifs is 1. The molecule has 4 nitrogen and oxygen atoms in total. The molecule has 0 amide bonds. The smallest absolute Gasteiger partial charge is 0.133 e. The topological polar surface area (TPSA) is 61.0 Å². The van der Waals surface area contributed by atoms with Crippen LogP contribution in [0.15, 0.2) is 0 Å². The highest BCUT2D eigenvalue weighted by Crippen LogP contribution is 2.23. The van der Waals surface area contributed by atoms with Crippen molar-refractivity contribution >= 4 is 5.82 Å². The zero-order valence-electron chi connectivity index (χ0n) is 9.99. The molecule has 2 rings (SSSR count). The van der Waals surface area contributed by atoms with Crippen molar-refractivity contribution < 1.29 is 4.74 Å². The van der Waals surface area contributed by atoms with Crippen LogP contribution in [0, 0.1) is 0 Å².